The van der Waals surface area contributed by atoms with E-state index in [1.54, 1.807) is 12.1 Å². The molecule has 1 aliphatic heterocycles. The van der Waals surface area contributed by atoms with Crippen molar-refractivity contribution in [3.8, 4) is 23.0 Å². The fraction of sp³-hybridized carbons (Fsp3) is 0.548. The maximum absolute atomic E-state index is 13.7. The summed E-state index contributed by atoms with van der Waals surface area (Å²) in [7, 11) is 1.44. The molecule has 0 unspecified atom stereocenters. The summed E-state index contributed by atoms with van der Waals surface area (Å²) >= 11 is 6.81. The molecule has 5 rings (SSSR count). The van der Waals surface area contributed by atoms with Gasteiger partial charge < -0.3 is 24.1 Å². The number of cyclic esters (lactones) is 1. The van der Waals surface area contributed by atoms with Crippen molar-refractivity contribution in [1.82, 2.24) is 0 Å². The van der Waals surface area contributed by atoms with E-state index in [1.807, 2.05) is 34.6 Å². The zero-order valence-corrected chi connectivity index (χ0v) is 24.2. The molecule has 0 aromatic heterocycles. The first-order valence-electron chi connectivity index (χ1n) is 13.7. The van der Waals surface area contributed by atoms with Gasteiger partial charge >= 0.3 is 11.9 Å². The molecule has 0 radical (unpaired) electrons. The predicted octanol–water partition coefficient (Wildman–Crippen LogP) is 7.24. The minimum absolute atomic E-state index is 0.0650. The SMILES string of the molecule is COc1c([C@@H](O)CC(C)C)ccc2c1C(=O)OCc1c(C)c(C)c(Cl)c(OC(=O)[C@]3(C)C[C@H]4CC[C@@H]3C4)c1O2. The standard InChI is InChI=1S/C31H37ClO7/c1-15(2)11-22(33)20-9-10-23-24(26(20)36-6)29(34)37-14-21-16(3)17(4)25(32)28(27(21)38-23)39-30(35)31(5)13-18-7-8-19(31)12-18/h9-10,15,18-19,22,33H,7-8,11-14H2,1-6H3/t18-,19+,22-,31+/m0/s1. The number of rotatable bonds is 6. The van der Waals surface area contributed by atoms with Crippen LogP contribution >= 0.6 is 11.6 Å². The number of ether oxygens (including phenoxy) is 4. The molecule has 1 heterocycles. The van der Waals surface area contributed by atoms with Crippen molar-refractivity contribution in [3.05, 3.63) is 45.0 Å². The number of aliphatic hydroxyl groups is 1. The number of halogens is 1. The molecule has 3 aliphatic rings. The van der Waals surface area contributed by atoms with Gasteiger partial charge in [0.15, 0.2) is 11.5 Å². The number of benzene rings is 2. The molecular formula is C31H37ClO7. The second-order valence-corrected chi connectivity index (χ2v) is 12.4. The summed E-state index contributed by atoms with van der Waals surface area (Å²) in [4.78, 5) is 26.9. The summed E-state index contributed by atoms with van der Waals surface area (Å²) in [6.45, 7) is 9.61. The summed E-state index contributed by atoms with van der Waals surface area (Å²) in [5, 5.41) is 11.1. The van der Waals surface area contributed by atoms with Crippen LogP contribution in [-0.2, 0) is 16.1 Å². The maximum Gasteiger partial charge on any atom is 0.346 e. The van der Waals surface area contributed by atoms with Crippen molar-refractivity contribution in [2.45, 2.75) is 79.4 Å². The zero-order valence-electron chi connectivity index (χ0n) is 23.5. The molecule has 7 nitrogen and oxygen atoms in total. The minimum atomic E-state index is -0.839. The van der Waals surface area contributed by atoms with E-state index in [9.17, 15) is 14.7 Å². The van der Waals surface area contributed by atoms with Crippen LogP contribution < -0.4 is 14.2 Å². The second kappa shape index (κ2) is 10.3. The maximum atomic E-state index is 13.7. The van der Waals surface area contributed by atoms with Gasteiger partial charge in [-0.3, -0.25) is 4.79 Å². The van der Waals surface area contributed by atoms with Crippen molar-refractivity contribution in [2.24, 2.45) is 23.2 Å². The largest absolute Gasteiger partial charge is 0.495 e. The molecular weight excluding hydrogens is 520 g/mol. The Hall–Kier alpha value is -2.77. The number of carbonyl (C=O) groups excluding carboxylic acids is 2. The van der Waals surface area contributed by atoms with Gasteiger partial charge in [-0.25, -0.2) is 4.79 Å². The lowest BCUT2D eigenvalue weighted by molar-refractivity contribution is -0.148. The van der Waals surface area contributed by atoms with Gasteiger partial charge in [0, 0.05) is 11.1 Å². The topological polar surface area (TPSA) is 91.3 Å². The van der Waals surface area contributed by atoms with Gasteiger partial charge in [-0.05, 0) is 87.5 Å². The molecule has 2 aliphatic carbocycles. The highest BCUT2D eigenvalue weighted by Gasteiger charge is 2.53. The molecule has 8 heteroatoms. The third-order valence-corrected chi connectivity index (χ3v) is 9.47. The van der Waals surface area contributed by atoms with Crippen LogP contribution in [0.4, 0.5) is 0 Å². The number of carbonyl (C=O) groups is 2. The van der Waals surface area contributed by atoms with Gasteiger partial charge in [0.05, 0.1) is 23.7 Å². The van der Waals surface area contributed by atoms with Crippen LogP contribution in [0.15, 0.2) is 12.1 Å². The van der Waals surface area contributed by atoms with Gasteiger partial charge in [0.2, 0.25) is 0 Å². The minimum Gasteiger partial charge on any atom is -0.495 e. The van der Waals surface area contributed by atoms with Crippen LogP contribution in [0.25, 0.3) is 0 Å². The van der Waals surface area contributed by atoms with Crippen LogP contribution in [0.3, 0.4) is 0 Å². The van der Waals surface area contributed by atoms with Crippen molar-refractivity contribution < 1.29 is 33.6 Å². The molecule has 2 saturated carbocycles. The fourth-order valence-electron chi connectivity index (χ4n) is 6.64. The lowest BCUT2D eigenvalue weighted by Gasteiger charge is -2.32. The number of fused-ring (bicyclic) bond motifs is 4. The van der Waals surface area contributed by atoms with Gasteiger partial charge in [-0.2, -0.15) is 0 Å². The molecule has 2 aromatic rings. The second-order valence-electron chi connectivity index (χ2n) is 12.0. The Bertz CT molecular complexity index is 1330. The number of methoxy groups -OCH3 is 1. The Balaban J connectivity index is 1.60. The van der Waals surface area contributed by atoms with Gasteiger partial charge in [-0.15, -0.1) is 0 Å². The predicted molar refractivity (Wildman–Crippen MR) is 147 cm³/mol. The van der Waals surface area contributed by atoms with E-state index in [1.165, 1.54) is 7.11 Å². The normalized spacial score (nSPS) is 24.3. The molecule has 210 valence electrons. The van der Waals surface area contributed by atoms with Gasteiger partial charge in [-0.1, -0.05) is 31.9 Å². The molecule has 2 bridgehead atoms. The van der Waals surface area contributed by atoms with Crippen LogP contribution in [0.1, 0.15) is 91.6 Å². The first-order chi connectivity index (χ1) is 18.5. The lowest BCUT2D eigenvalue weighted by Crippen LogP contribution is -2.37. The third kappa shape index (κ3) is 4.67. The quantitative estimate of drug-likeness (QED) is 0.296. The smallest absolute Gasteiger partial charge is 0.346 e. The first kappa shape index (κ1) is 27.8. The summed E-state index contributed by atoms with van der Waals surface area (Å²) < 4.78 is 23.9. The van der Waals surface area contributed by atoms with Crippen LogP contribution in [0.5, 0.6) is 23.0 Å². The Morgan fingerprint density at radius 1 is 1.21 bits per heavy atom. The van der Waals surface area contributed by atoms with E-state index in [0.717, 1.165) is 36.8 Å². The average molecular weight is 557 g/mol. The summed E-state index contributed by atoms with van der Waals surface area (Å²) in [6.07, 6.45) is 3.70. The van der Waals surface area contributed by atoms with Gasteiger partial charge in [0.1, 0.15) is 23.7 Å². The highest BCUT2D eigenvalue weighted by Crippen LogP contribution is 2.57. The summed E-state index contributed by atoms with van der Waals surface area (Å²) in [5.74, 6) is 0.872. The van der Waals surface area contributed by atoms with E-state index < -0.39 is 17.5 Å². The molecule has 2 aromatic carbocycles. The fourth-order valence-corrected chi connectivity index (χ4v) is 6.91. The van der Waals surface area contributed by atoms with Crippen LogP contribution in [0.2, 0.25) is 5.02 Å². The Kier molecular flexibility index (Phi) is 7.36. The van der Waals surface area contributed by atoms with Gasteiger partial charge in [0.25, 0.3) is 0 Å². The van der Waals surface area contributed by atoms with E-state index in [-0.39, 0.29) is 52.1 Å². The van der Waals surface area contributed by atoms with E-state index in [0.29, 0.717) is 29.4 Å². The summed E-state index contributed by atoms with van der Waals surface area (Å²) in [5.41, 5.74) is 2.05. The average Bonchev–Trinajstić information content (AvgIpc) is 3.48. The number of hydrogen-bond donors (Lipinski definition) is 1. The summed E-state index contributed by atoms with van der Waals surface area (Å²) in [6, 6.07) is 3.29. The molecule has 4 atom stereocenters. The van der Waals surface area contributed by atoms with E-state index >= 15 is 0 Å². The van der Waals surface area contributed by atoms with Crippen molar-refractivity contribution in [1.29, 1.82) is 0 Å². The molecule has 1 N–H and O–H groups in total. The number of esters is 2. The highest BCUT2D eigenvalue weighted by molar-refractivity contribution is 6.33. The Morgan fingerprint density at radius 3 is 2.56 bits per heavy atom. The van der Waals surface area contributed by atoms with Crippen LogP contribution in [0, 0.1) is 37.0 Å². The first-order valence-corrected chi connectivity index (χ1v) is 14.1. The zero-order chi connectivity index (χ0) is 28.2. The van der Waals surface area contributed by atoms with Crippen molar-refractivity contribution in [3.63, 3.8) is 0 Å². The molecule has 0 amide bonds. The number of hydrogen-bond acceptors (Lipinski definition) is 7. The third-order valence-electron chi connectivity index (χ3n) is 9.01. The van der Waals surface area contributed by atoms with E-state index in [2.05, 4.69) is 0 Å². The Morgan fingerprint density at radius 2 is 1.95 bits per heavy atom. The van der Waals surface area contributed by atoms with Crippen molar-refractivity contribution in [2.75, 3.05) is 7.11 Å². The highest BCUT2D eigenvalue weighted by atomic mass is 35.5. The molecule has 2 fully saturated rings. The van der Waals surface area contributed by atoms with E-state index in [4.69, 9.17) is 30.5 Å². The molecule has 0 saturated heterocycles. The molecule has 39 heavy (non-hydrogen) atoms. The number of aliphatic hydroxyl groups excluding tert-OH is 1. The Labute approximate surface area is 234 Å². The monoisotopic (exact) mass is 556 g/mol. The molecule has 0 spiro atoms. The van der Waals surface area contributed by atoms with Crippen LogP contribution in [-0.4, -0.2) is 24.2 Å². The van der Waals surface area contributed by atoms with Crippen molar-refractivity contribution >= 4 is 23.5 Å². The lowest BCUT2D eigenvalue weighted by atomic mass is 9.75.